The van der Waals surface area contributed by atoms with Crippen molar-refractivity contribution in [3.8, 4) is 0 Å². The minimum Gasteiger partial charge on any atom is -0.468 e. The summed E-state index contributed by atoms with van der Waals surface area (Å²) in [6, 6.07) is -1.52. The Morgan fingerprint density at radius 3 is 1.22 bits per heavy atom. The van der Waals surface area contributed by atoms with Crippen LogP contribution in [-0.2, 0) is 38.1 Å². The van der Waals surface area contributed by atoms with Crippen LogP contribution in [0.3, 0.4) is 0 Å². The van der Waals surface area contributed by atoms with Crippen LogP contribution in [0.5, 0.6) is 0 Å². The van der Waals surface area contributed by atoms with Crippen LogP contribution >= 0.6 is 0 Å². The fourth-order valence-electron chi connectivity index (χ4n) is 4.15. The second-order valence-electron chi connectivity index (χ2n) is 11.6. The van der Waals surface area contributed by atoms with Crippen LogP contribution in [0, 0.1) is 11.8 Å². The van der Waals surface area contributed by atoms with E-state index in [4.69, 9.17) is 18.9 Å². The monoisotopic (exact) mass is 514 g/mol. The summed E-state index contributed by atoms with van der Waals surface area (Å²) in [4.78, 5) is 48.6. The zero-order valence-electron chi connectivity index (χ0n) is 23.2. The van der Waals surface area contributed by atoms with Gasteiger partial charge in [-0.25, -0.2) is 0 Å². The van der Waals surface area contributed by atoms with Crippen LogP contribution in [0.2, 0.25) is 0 Å². The van der Waals surface area contributed by atoms with E-state index in [1.54, 1.807) is 0 Å². The first-order valence-corrected chi connectivity index (χ1v) is 12.7. The molecule has 0 bridgehead atoms. The zero-order chi connectivity index (χ0) is 27.5. The lowest BCUT2D eigenvalue weighted by Gasteiger charge is -2.29. The molecule has 0 amide bonds. The van der Waals surface area contributed by atoms with E-state index < -0.39 is 36.0 Å². The summed E-state index contributed by atoms with van der Waals surface area (Å²) < 4.78 is 20.5. The van der Waals surface area contributed by atoms with Crippen molar-refractivity contribution < 1.29 is 38.1 Å². The van der Waals surface area contributed by atoms with E-state index in [-0.39, 0.29) is 35.8 Å². The van der Waals surface area contributed by atoms with Gasteiger partial charge in [-0.3, -0.25) is 29.8 Å². The largest absolute Gasteiger partial charge is 0.468 e. The zero-order valence-corrected chi connectivity index (χ0v) is 23.2. The molecule has 0 heterocycles. The maximum Gasteiger partial charge on any atom is 0.323 e. The second kappa shape index (κ2) is 14.5. The van der Waals surface area contributed by atoms with Crippen LogP contribution in [0.4, 0.5) is 0 Å². The molecule has 2 atom stereocenters. The van der Waals surface area contributed by atoms with Gasteiger partial charge in [0, 0.05) is 11.1 Å². The molecule has 0 saturated heterocycles. The Labute approximate surface area is 215 Å². The minimum atomic E-state index is -0.759. The summed E-state index contributed by atoms with van der Waals surface area (Å²) in [6.07, 6.45) is 3.23. The summed E-state index contributed by atoms with van der Waals surface area (Å²) in [5, 5.41) is 6.18. The van der Waals surface area contributed by atoms with Crippen molar-refractivity contribution in [2.45, 2.75) is 103 Å². The van der Waals surface area contributed by atoms with Gasteiger partial charge in [-0.1, -0.05) is 0 Å². The van der Waals surface area contributed by atoms with E-state index in [2.05, 4.69) is 10.6 Å². The van der Waals surface area contributed by atoms with Crippen molar-refractivity contribution in [1.29, 1.82) is 0 Å². The SMILES string of the molecule is COC(=O)C(CC(=O)OCC1CCC(COC(=O)CC(NC(C)(C)C)C(=O)OC)CC1)NC(C)(C)C. The molecule has 2 N–H and O–H groups in total. The molecule has 0 spiro atoms. The van der Waals surface area contributed by atoms with Crippen LogP contribution < -0.4 is 10.6 Å². The number of carbonyl (C=O) groups is 4. The molecular weight excluding hydrogens is 468 g/mol. The number of hydrogen-bond donors (Lipinski definition) is 2. The number of nitrogens with one attached hydrogen (secondary N) is 2. The average molecular weight is 515 g/mol. The molecule has 10 heteroatoms. The summed E-state index contributed by atoms with van der Waals surface area (Å²) in [5.74, 6) is -1.42. The topological polar surface area (TPSA) is 129 Å². The molecule has 10 nitrogen and oxygen atoms in total. The first kappa shape index (κ1) is 31.8. The summed E-state index contributed by atoms with van der Waals surface area (Å²) >= 11 is 0. The van der Waals surface area contributed by atoms with Gasteiger partial charge in [-0.15, -0.1) is 0 Å². The van der Waals surface area contributed by atoms with Gasteiger partial charge < -0.3 is 18.9 Å². The van der Waals surface area contributed by atoms with Gasteiger partial charge >= 0.3 is 23.9 Å². The Kier molecular flexibility index (Phi) is 12.8. The van der Waals surface area contributed by atoms with Gasteiger partial charge in [0.2, 0.25) is 0 Å². The third-order valence-corrected chi connectivity index (χ3v) is 5.85. The van der Waals surface area contributed by atoms with Crippen LogP contribution in [0.15, 0.2) is 0 Å². The lowest BCUT2D eigenvalue weighted by molar-refractivity contribution is -0.153. The molecule has 0 radical (unpaired) electrons. The lowest BCUT2D eigenvalue weighted by atomic mass is 9.83. The summed E-state index contributed by atoms with van der Waals surface area (Å²) in [6.45, 7) is 12.0. The van der Waals surface area contributed by atoms with Crippen molar-refractivity contribution in [3.05, 3.63) is 0 Å². The van der Waals surface area contributed by atoms with Crippen molar-refractivity contribution >= 4 is 23.9 Å². The van der Waals surface area contributed by atoms with Gasteiger partial charge in [-0.05, 0) is 79.1 Å². The Morgan fingerprint density at radius 1 is 0.667 bits per heavy atom. The Hall–Kier alpha value is -2.20. The smallest absolute Gasteiger partial charge is 0.323 e. The predicted molar refractivity (Wildman–Crippen MR) is 134 cm³/mol. The van der Waals surface area contributed by atoms with Gasteiger partial charge in [-0.2, -0.15) is 0 Å². The quantitative estimate of drug-likeness (QED) is 0.296. The predicted octanol–water partition coefficient (Wildman–Crippen LogP) is 2.52. The molecular formula is C26H46N2O8. The Bertz CT molecular complexity index is 671. The lowest BCUT2D eigenvalue weighted by Crippen LogP contribution is -2.49. The third-order valence-electron chi connectivity index (χ3n) is 5.85. The first-order chi connectivity index (χ1) is 16.6. The van der Waals surface area contributed by atoms with E-state index in [9.17, 15) is 19.2 Å². The fraction of sp³-hybridized carbons (Fsp3) is 0.846. The third kappa shape index (κ3) is 13.2. The molecule has 1 aliphatic rings. The van der Waals surface area contributed by atoms with E-state index >= 15 is 0 Å². The van der Waals surface area contributed by atoms with Gasteiger partial charge in [0.1, 0.15) is 12.1 Å². The molecule has 0 aromatic carbocycles. The number of ether oxygens (including phenoxy) is 4. The highest BCUT2D eigenvalue weighted by molar-refractivity contribution is 5.83. The fourth-order valence-corrected chi connectivity index (χ4v) is 4.15. The number of carbonyl (C=O) groups excluding carboxylic acids is 4. The molecule has 1 rings (SSSR count). The normalized spacial score (nSPS) is 20.1. The van der Waals surface area contributed by atoms with Crippen molar-refractivity contribution in [1.82, 2.24) is 10.6 Å². The van der Waals surface area contributed by atoms with Crippen LogP contribution in [-0.4, -0.2) is 74.5 Å². The van der Waals surface area contributed by atoms with E-state index in [1.165, 1.54) is 14.2 Å². The maximum atomic E-state index is 12.3. The minimum absolute atomic E-state index is 0.0914. The van der Waals surface area contributed by atoms with Gasteiger partial charge in [0.25, 0.3) is 0 Å². The molecule has 36 heavy (non-hydrogen) atoms. The van der Waals surface area contributed by atoms with Crippen LogP contribution in [0.25, 0.3) is 0 Å². The maximum absolute atomic E-state index is 12.3. The van der Waals surface area contributed by atoms with Gasteiger partial charge in [0.05, 0.1) is 40.3 Å². The molecule has 208 valence electrons. The van der Waals surface area contributed by atoms with Crippen molar-refractivity contribution in [2.24, 2.45) is 11.8 Å². The van der Waals surface area contributed by atoms with E-state index in [1.807, 2.05) is 41.5 Å². The molecule has 1 saturated carbocycles. The van der Waals surface area contributed by atoms with E-state index in [0.29, 0.717) is 13.2 Å². The number of rotatable bonds is 12. The highest BCUT2D eigenvalue weighted by Crippen LogP contribution is 2.29. The van der Waals surface area contributed by atoms with Crippen molar-refractivity contribution in [3.63, 3.8) is 0 Å². The average Bonchev–Trinajstić information content (AvgIpc) is 2.78. The number of methoxy groups -OCH3 is 2. The summed E-state index contributed by atoms with van der Waals surface area (Å²) in [7, 11) is 2.59. The highest BCUT2D eigenvalue weighted by Gasteiger charge is 2.30. The molecule has 1 aliphatic carbocycles. The molecule has 1 fully saturated rings. The Morgan fingerprint density at radius 2 is 0.972 bits per heavy atom. The second-order valence-corrected chi connectivity index (χ2v) is 11.6. The molecule has 2 unspecified atom stereocenters. The first-order valence-electron chi connectivity index (χ1n) is 12.7. The van der Waals surface area contributed by atoms with Crippen molar-refractivity contribution in [2.75, 3.05) is 27.4 Å². The van der Waals surface area contributed by atoms with E-state index in [0.717, 1.165) is 25.7 Å². The Balaban J connectivity index is 2.39. The standard InChI is InChI=1S/C26H46N2O8/c1-25(2,3)27-19(23(31)33-7)13-21(29)35-15-17-9-11-18(12-10-17)16-36-22(30)14-20(24(32)34-8)28-26(4,5)6/h17-20,27-28H,9-16H2,1-8H3. The number of hydrogen-bond acceptors (Lipinski definition) is 10. The molecule has 0 aliphatic heterocycles. The molecule has 0 aromatic heterocycles. The van der Waals surface area contributed by atoms with Gasteiger partial charge in [0.15, 0.2) is 0 Å². The molecule has 0 aromatic rings. The summed E-state index contributed by atoms with van der Waals surface area (Å²) in [5.41, 5.74) is -0.714. The highest BCUT2D eigenvalue weighted by atomic mass is 16.5. The van der Waals surface area contributed by atoms with Crippen LogP contribution in [0.1, 0.15) is 80.1 Å². The number of esters is 4.